The van der Waals surface area contributed by atoms with Crippen LogP contribution in [0.25, 0.3) is 0 Å². The third-order valence-corrected chi connectivity index (χ3v) is 4.87. The normalized spacial score (nSPS) is 12.7. The third-order valence-electron chi connectivity index (χ3n) is 2.76. The Balaban J connectivity index is 3.36. The van der Waals surface area contributed by atoms with Gasteiger partial charge in [0.1, 0.15) is 12.4 Å². The van der Waals surface area contributed by atoms with Crippen molar-refractivity contribution in [1.29, 1.82) is 0 Å². The van der Waals surface area contributed by atoms with Gasteiger partial charge in [-0.15, -0.1) is 0 Å². The molecule has 0 bridgehead atoms. The predicted octanol–water partition coefficient (Wildman–Crippen LogP) is 2.01. The van der Waals surface area contributed by atoms with E-state index in [2.05, 4.69) is 0 Å². The summed E-state index contributed by atoms with van der Waals surface area (Å²) >= 11 is 0. The Bertz CT molecular complexity index is 620. The molecule has 0 aliphatic carbocycles. The van der Waals surface area contributed by atoms with Gasteiger partial charge in [0.2, 0.25) is 10.0 Å². The molecule has 0 aliphatic heterocycles. The molecule has 1 aromatic rings. The molecule has 0 saturated carbocycles. The molecule has 0 heterocycles. The first-order valence-electron chi connectivity index (χ1n) is 5.97. The quantitative estimate of drug-likeness (QED) is 0.923. The molecule has 0 radical (unpaired) electrons. The van der Waals surface area contributed by atoms with Crippen LogP contribution in [0.5, 0.6) is 0 Å². The summed E-state index contributed by atoms with van der Waals surface area (Å²) in [4.78, 5) is 10.6. The zero-order valence-corrected chi connectivity index (χ0v) is 12.7. The Morgan fingerprint density at radius 1 is 1.35 bits per heavy atom. The Morgan fingerprint density at radius 3 is 2.30 bits per heavy atom. The van der Waals surface area contributed by atoms with Crippen molar-refractivity contribution in [3.63, 3.8) is 0 Å². The van der Waals surface area contributed by atoms with Crippen molar-refractivity contribution in [2.45, 2.75) is 38.1 Å². The molecule has 0 atom stereocenters. The van der Waals surface area contributed by atoms with Crippen LogP contribution in [0.4, 0.5) is 4.39 Å². The smallest absolute Gasteiger partial charge is 0.318 e. The number of aliphatic carboxylic acids is 1. The van der Waals surface area contributed by atoms with Gasteiger partial charge in [-0.1, -0.05) is 6.07 Å². The number of carboxylic acids is 1. The second-order valence-electron chi connectivity index (χ2n) is 5.49. The Kier molecular flexibility index (Phi) is 4.55. The Hall–Kier alpha value is -1.47. The van der Waals surface area contributed by atoms with Crippen LogP contribution >= 0.6 is 0 Å². The fourth-order valence-electron chi connectivity index (χ4n) is 1.67. The molecule has 0 spiro atoms. The van der Waals surface area contributed by atoms with Gasteiger partial charge in [-0.25, -0.2) is 12.8 Å². The number of hydrogen-bond acceptors (Lipinski definition) is 3. The molecule has 0 saturated heterocycles. The summed E-state index contributed by atoms with van der Waals surface area (Å²) in [6.07, 6.45) is 0. The van der Waals surface area contributed by atoms with E-state index in [1.807, 2.05) is 0 Å². The van der Waals surface area contributed by atoms with E-state index in [1.54, 1.807) is 20.8 Å². The van der Waals surface area contributed by atoms with E-state index in [9.17, 15) is 17.6 Å². The zero-order chi connectivity index (χ0) is 15.7. The molecule has 5 nitrogen and oxygen atoms in total. The highest BCUT2D eigenvalue weighted by molar-refractivity contribution is 7.89. The predicted molar refractivity (Wildman–Crippen MR) is 72.4 cm³/mol. The largest absolute Gasteiger partial charge is 0.480 e. The van der Waals surface area contributed by atoms with E-state index < -0.39 is 33.9 Å². The summed E-state index contributed by atoms with van der Waals surface area (Å²) in [5, 5.41) is 8.88. The van der Waals surface area contributed by atoms with Gasteiger partial charge in [0, 0.05) is 5.54 Å². The number of hydrogen-bond donors (Lipinski definition) is 1. The van der Waals surface area contributed by atoms with Gasteiger partial charge >= 0.3 is 5.97 Å². The number of carbonyl (C=O) groups is 1. The van der Waals surface area contributed by atoms with Crippen molar-refractivity contribution in [3.05, 3.63) is 29.6 Å². The van der Waals surface area contributed by atoms with E-state index in [-0.39, 0.29) is 4.90 Å². The minimum atomic E-state index is -4.08. The number of nitrogens with zero attached hydrogens (tertiary/aromatic N) is 1. The monoisotopic (exact) mass is 303 g/mol. The average Bonchev–Trinajstić information content (AvgIpc) is 2.27. The number of carboxylic acid groups (broad SMARTS) is 1. The van der Waals surface area contributed by atoms with E-state index in [1.165, 1.54) is 19.1 Å². The van der Waals surface area contributed by atoms with Crippen molar-refractivity contribution in [2.24, 2.45) is 0 Å². The standard InChI is InChI=1S/C13H18FNO4S/c1-9-5-6-10(7-11(9)14)20(18,19)15(8-12(16)17)13(2,3)4/h5-7H,8H2,1-4H3,(H,16,17). The zero-order valence-electron chi connectivity index (χ0n) is 11.8. The highest BCUT2D eigenvalue weighted by atomic mass is 32.2. The van der Waals surface area contributed by atoms with Crippen molar-refractivity contribution >= 4 is 16.0 Å². The Labute approximate surface area is 118 Å². The molecule has 0 aliphatic rings. The number of sulfonamides is 1. The second kappa shape index (κ2) is 5.49. The van der Waals surface area contributed by atoms with E-state index in [0.717, 1.165) is 10.4 Å². The number of benzene rings is 1. The molecule has 112 valence electrons. The van der Waals surface area contributed by atoms with Gasteiger partial charge in [-0.05, 0) is 45.4 Å². The molecule has 0 amide bonds. The summed E-state index contributed by atoms with van der Waals surface area (Å²) < 4.78 is 39.3. The van der Waals surface area contributed by atoms with Gasteiger partial charge < -0.3 is 5.11 Å². The molecule has 20 heavy (non-hydrogen) atoms. The molecule has 1 aromatic carbocycles. The van der Waals surface area contributed by atoms with Gasteiger partial charge in [-0.3, -0.25) is 4.79 Å². The highest BCUT2D eigenvalue weighted by Crippen LogP contribution is 2.25. The average molecular weight is 303 g/mol. The minimum Gasteiger partial charge on any atom is -0.480 e. The van der Waals surface area contributed by atoms with Crippen molar-refractivity contribution in [3.8, 4) is 0 Å². The summed E-state index contributed by atoms with van der Waals surface area (Å²) in [5.74, 6) is -1.91. The van der Waals surface area contributed by atoms with E-state index >= 15 is 0 Å². The summed E-state index contributed by atoms with van der Waals surface area (Å²) in [7, 11) is -4.08. The lowest BCUT2D eigenvalue weighted by Crippen LogP contribution is -2.48. The molecular weight excluding hydrogens is 285 g/mol. The van der Waals surface area contributed by atoms with Crippen LogP contribution < -0.4 is 0 Å². The van der Waals surface area contributed by atoms with Crippen LogP contribution in [-0.4, -0.2) is 35.9 Å². The molecule has 0 unspecified atom stereocenters. The first kappa shape index (κ1) is 16.6. The highest BCUT2D eigenvalue weighted by Gasteiger charge is 2.35. The topological polar surface area (TPSA) is 74.7 Å². The van der Waals surface area contributed by atoms with Gasteiger partial charge in [0.05, 0.1) is 4.90 Å². The minimum absolute atomic E-state index is 0.253. The van der Waals surface area contributed by atoms with Gasteiger partial charge in [0.15, 0.2) is 0 Å². The summed E-state index contributed by atoms with van der Waals surface area (Å²) in [5.41, 5.74) is -0.608. The maximum Gasteiger partial charge on any atom is 0.318 e. The van der Waals surface area contributed by atoms with Crippen LogP contribution in [0.2, 0.25) is 0 Å². The van der Waals surface area contributed by atoms with Crippen LogP contribution in [0.3, 0.4) is 0 Å². The summed E-state index contributed by atoms with van der Waals surface area (Å²) in [6, 6.07) is 3.53. The first-order valence-corrected chi connectivity index (χ1v) is 7.41. The van der Waals surface area contributed by atoms with Crippen LogP contribution in [0.15, 0.2) is 23.1 Å². The lowest BCUT2D eigenvalue weighted by Gasteiger charge is -2.33. The number of aryl methyl sites for hydroxylation is 1. The molecule has 0 fully saturated rings. The molecular formula is C13H18FNO4S. The fraction of sp³-hybridized carbons (Fsp3) is 0.462. The third kappa shape index (κ3) is 3.55. The Morgan fingerprint density at radius 2 is 1.90 bits per heavy atom. The van der Waals surface area contributed by atoms with Crippen LogP contribution in [0, 0.1) is 12.7 Å². The van der Waals surface area contributed by atoms with Gasteiger partial charge in [-0.2, -0.15) is 4.31 Å². The van der Waals surface area contributed by atoms with E-state index in [4.69, 9.17) is 5.11 Å². The van der Waals surface area contributed by atoms with Crippen LogP contribution in [0.1, 0.15) is 26.3 Å². The molecule has 0 aromatic heterocycles. The maximum atomic E-state index is 13.5. The fourth-order valence-corrected chi connectivity index (χ4v) is 3.42. The maximum absolute atomic E-state index is 13.5. The molecule has 1 rings (SSSR count). The first-order chi connectivity index (χ1) is 8.96. The second-order valence-corrected chi connectivity index (χ2v) is 7.35. The van der Waals surface area contributed by atoms with Crippen molar-refractivity contribution < 1.29 is 22.7 Å². The summed E-state index contributed by atoms with van der Waals surface area (Å²) in [6.45, 7) is 5.58. The van der Waals surface area contributed by atoms with Crippen molar-refractivity contribution in [2.75, 3.05) is 6.54 Å². The lowest BCUT2D eigenvalue weighted by atomic mass is 10.1. The number of rotatable bonds is 4. The van der Waals surface area contributed by atoms with Crippen molar-refractivity contribution in [1.82, 2.24) is 4.31 Å². The number of halogens is 1. The lowest BCUT2D eigenvalue weighted by molar-refractivity contribution is -0.138. The van der Waals surface area contributed by atoms with Gasteiger partial charge in [0.25, 0.3) is 0 Å². The molecule has 1 N–H and O–H groups in total. The van der Waals surface area contributed by atoms with Crippen LogP contribution in [-0.2, 0) is 14.8 Å². The SMILES string of the molecule is Cc1ccc(S(=O)(=O)N(CC(=O)O)C(C)(C)C)cc1F. The van der Waals surface area contributed by atoms with E-state index in [0.29, 0.717) is 5.56 Å². The molecule has 7 heteroatoms.